The number of carbonyl (C=O) groups excluding carboxylic acids is 1. The number of H-pyrrole nitrogens is 1. The van der Waals surface area contributed by atoms with Crippen LogP contribution in [0, 0.1) is 0 Å². The molecule has 5 heteroatoms. The van der Waals surface area contributed by atoms with E-state index in [0.29, 0.717) is 18.8 Å². The maximum atomic E-state index is 12.7. The van der Waals surface area contributed by atoms with Crippen LogP contribution in [0.25, 0.3) is 0 Å². The number of rotatable bonds is 6. The van der Waals surface area contributed by atoms with Crippen LogP contribution < -0.4 is 0 Å². The molecule has 0 fully saturated rings. The number of benzene rings is 1. The van der Waals surface area contributed by atoms with Crippen molar-refractivity contribution in [2.45, 2.75) is 25.5 Å². The van der Waals surface area contributed by atoms with Gasteiger partial charge in [-0.2, -0.15) is 0 Å². The Kier molecular flexibility index (Phi) is 5.59. The normalized spacial score (nSPS) is 18.6. The van der Waals surface area contributed by atoms with Crippen LogP contribution in [0.2, 0.25) is 0 Å². The number of nitrogens with one attached hydrogen (secondary N) is 1. The van der Waals surface area contributed by atoms with Crippen LogP contribution in [0.5, 0.6) is 0 Å². The average molecular weight is 353 g/mol. The summed E-state index contributed by atoms with van der Waals surface area (Å²) in [6.45, 7) is 3.34. The Hall–Kier alpha value is -2.37. The van der Waals surface area contributed by atoms with Crippen LogP contribution in [-0.2, 0) is 0 Å². The molecule has 0 bridgehead atoms. The highest BCUT2D eigenvalue weighted by Crippen LogP contribution is 2.34. The van der Waals surface area contributed by atoms with Crippen molar-refractivity contribution in [1.29, 1.82) is 0 Å². The van der Waals surface area contributed by atoms with E-state index in [1.165, 1.54) is 0 Å². The maximum absolute atomic E-state index is 12.7. The van der Waals surface area contributed by atoms with Crippen LogP contribution in [0.3, 0.4) is 0 Å². The van der Waals surface area contributed by atoms with Crippen molar-refractivity contribution in [2.75, 3.05) is 27.2 Å². The highest BCUT2D eigenvalue weighted by atomic mass is 16.3. The maximum Gasteiger partial charge on any atom is 0.270 e. The number of nitrogens with zero attached hydrogens (tertiary/aromatic N) is 2. The fourth-order valence-electron chi connectivity index (χ4n) is 3.46. The number of aromatic nitrogens is 1. The van der Waals surface area contributed by atoms with Gasteiger partial charge >= 0.3 is 0 Å². The first-order valence-electron chi connectivity index (χ1n) is 9.08. The molecule has 0 spiro atoms. The summed E-state index contributed by atoms with van der Waals surface area (Å²) < 4.78 is 0. The van der Waals surface area contributed by atoms with E-state index in [0.717, 1.165) is 23.1 Å². The minimum Gasteiger partial charge on any atom is -0.374 e. The number of amides is 1. The third kappa shape index (κ3) is 3.59. The molecule has 2 aromatic rings. The molecule has 1 aromatic carbocycles. The molecule has 1 aliphatic rings. The fraction of sp³-hybridized carbons (Fsp3) is 0.381. The SMILES string of the molecule is CC/C=C/CN1CC(c2cccc(C(O)N(C)C)c2)c2cc[nH]c2C1=O. The van der Waals surface area contributed by atoms with E-state index in [9.17, 15) is 9.90 Å². The van der Waals surface area contributed by atoms with E-state index < -0.39 is 6.23 Å². The van der Waals surface area contributed by atoms with Crippen molar-refractivity contribution in [3.63, 3.8) is 0 Å². The summed E-state index contributed by atoms with van der Waals surface area (Å²) in [5.41, 5.74) is 3.67. The molecule has 5 nitrogen and oxygen atoms in total. The monoisotopic (exact) mass is 353 g/mol. The molecule has 1 aliphatic heterocycles. The zero-order valence-corrected chi connectivity index (χ0v) is 15.6. The number of carbonyl (C=O) groups is 1. The summed E-state index contributed by atoms with van der Waals surface area (Å²) in [5.74, 6) is 0.143. The van der Waals surface area contributed by atoms with Gasteiger partial charge in [0.1, 0.15) is 11.9 Å². The van der Waals surface area contributed by atoms with Crippen LogP contribution in [0.4, 0.5) is 0 Å². The van der Waals surface area contributed by atoms with Gasteiger partial charge in [0, 0.05) is 25.2 Å². The number of aromatic amines is 1. The zero-order chi connectivity index (χ0) is 18.7. The minimum absolute atomic E-state index is 0.0477. The van der Waals surface area contributed by atoms with Crippen molar-refractivity contribution in [2.24, 2.45) is 0 Å². The van der Waals surface area contributed by atoms with Crippen molar-refractivity contribution >= 4 is 5.91 Å². The summed E-state index contributed by atoms with van der Waals surface area (Å²) in [7, 11) is 3.70. The Morgan fingerprint density at radius 2 is 2.15 bits per heavy atom. The second-order valence-corrected chi connectivity index (χ2v) is 6.96. The van der Waals surface area contributed by atoms with Crippen LogP contribution in [0.15, 0.2) is 48.7 Å². The van der Waals surface area contributed by atoms with Gasteiger partial charge in [-0.05, 0) is 43.3 Å². The minimum atomic E-state index is -0.644. The molecule has 0 radical (unpaired) electrons. The molecule has 2 N–H and O–H groups in total. The van der Waals surface area contributed by atoms with Gasteiger partial charge in [-0.15, -0.1) is 0 Å². The van der Waals surface area contributed by atoms with Gasteiger partial charge in [-0.25, -0.2) is 0 Å². The molecule has 2 unspecified atom stereocenters. The molecule has 0 saturated carbocycles. The molecule has 0 aliphatic carbocycles. The van der Waals surface area contributed by atoms with Crippen molar-refractivity contribution < 1.29 is 9.90 Å². The summed E-state index contributed by atoms with van der Waals surface area (Å²) in [6.07, 6.45) is 6.29. The van der Waals surface area contributed by atoms with Crippen LogP contribution >= 0.6 is 0 Å². The van der Waals surface area contributed by atoms with Crippen molar-refractivity contribution in [3.05, 3.63) is 71.1 Å². The molecule has 26 heavy (non-hydrogen) atoms. The number of hydrogen-bond acceptors (Lipinski definition) is 3. The predicted octanol–water partition coefficient (Wildman–Crippen LogP) is 3.12. The van der Waals surface area contributed by atoms with E-state index >= 15 is 0 Å². The quantitative estimate of drug-likeness (QED) is 0.620. The lowest BCUT2D eigenvalue weighted by atomic mass is 9.86. The Morgan fingerprint density at radius 3 is 2.88 bits per heavy atom. The number of allylic oxidation sites excluding steroid dienone is 1. The molecule has 1 amide bonds. The number of hydrogen-bond donors (Lipinski definition) is 2. The molecular weight excluding hydrogens is 326 g/mol. The lowest BCUT2D eigenvalue weighted by molar-refractivity contribution is 0.0394. The number of fused-ring (bicyclic) bond motifs is 1. The molecule has 138 valence electrons. The topological polar surface area (TPSA) is 59.6 Å². The Balaban J connectivity index is 1.94. The van der Waals surface area contributed by atoms with Crippen LogP contribution in [-0.4, -0.2) is 53.0 Å². The predicted molar refractivity (Wildman–Crippen MR) is 103 cm³/mol. The van der Waals surface area contributed by atoms with E-state index in [2.05, 4.69) is 30.1 Å². The average Bonchev–Trinajstić information content (AvgIpc) is 3.13. The largest absolute Gasteiger partial charge is 0.374 e. The smallest absolute Gasteiger partial charge is 0.270 e. The summed E-state index contributed by atoms with van der Waals surface area (Å²) in [5, 5.41) is 10.4. The summed E-state index contributed by atoms with van der Waals surface area (Å²) >= 11 is 0. The molecule has 1 aromatic heterocycles. The second-order valence-electron chi connectivity index (χ2n) is 6.96. The second kappa shape index (κ2) is 7.89. The number of aliphatic hydroxyl groups is 1. The zero-order valence-electron chi connectivity index (χ0n) is 15.6. The van der Waals surface area contributed by atoms with Gasteiger partial charge in [0.2, 0.25) is 0 Å². The van der Waals surface area contributed by atoms with Gasteiger partial charge in [0.15, 0.2) is 0 Å². The van der Waals surface area contributed by atoms with Gasteiger partial charge in [-0.1, -0.05) is 43.3 Å². The third-order valence-electron chi connectivity index (χ3n) is 4.89. The first-order valence-corrected chi connectivity index (χ1v) is 9.08. The van der Waals surface area contributed by atoms with E-state index in [-0.39, 0.29) is 11.8 Å². The summed E-state index contributed by atoms with van der Waals surface area (Å²) in [6, 6.07) is 10.0. The lowest BCUT2D eigenvalue weighted by Gasteiger charge is -2.32. The molecule has 3 rings (SSSR count). The Labute approximate surface area is 154 Å². The van der Waals surface area contributed by atoms with Gasteiger partial charge in [-0.3, -0.25) is 9.69 Å². The third-order valence-corrected chi connectivity index (χ3v) is 4.89. The molecular formula is C21H27N3O2. The lowest BCUT2D eigenvalue weighted by Crippen LogP contribution is -2.40. The summed E-state index contributed by atoms with van der Waals surface area (Å²) in [4.78, 5) is 19.5. The fourth-order valence-corrected chi connectivity index (χ4v) is 3.46. The Morgan fingerprint density at radius 1 is 1.35 bits per heavy atom. The molecule has 0 saturated heterocycles. The molecule has 2 heterocycles. The first kappa shape index (κ1) is 18.4. The van der Waals surface area contributed by atoms with Gasteiger partial charge < -0.3 is 15.0 Å². The number of aliphatic hydroxyl groups excluding tert-OH is 1. The van der Waals surface area contributed by atoms with Crippen molar-refractivity contribution in [3.8, 4) is 0 Å². The van der Waals surface area contributed by atoms with Crippen LogP contribution in [0.1, 0.15) is 52.7 Å². The standard InChI is InChI=1S/C21H27N3O2/c1-4-5-6-12-24-14-18(17-10-11-22-19(17)21(24)26)15-8-7-9-16(13-15)20(25)23(2)3/h5-11,13,18,20,22,25H,4,12,14H2,1-3H3/b6-5+. The first-order chi connectivity index (χ1) is 12.5. The van der Waals surface area contributed by atoms with Gasteiger partial charge in [0.25, 0.3) is 5.91 Å². The highest BCUT2D eigenvalue weighted by molar-refractivity contribution is 5.95. The highest BCUT2D eigenvalue weighted by Gasteiger charge is 2.32. The van der Waals surface area contributed by atoms with Crippen molar-refractivity contribution in [1.82, 2.24) is 14.8 Å². The van der Waals surface area contributed by atoms with Gasteiger partial charge in [0.05, 0.1) is 0 Å². The van der Waals surface area contributed by atoms with E-state index in [4.69, 9.17) is 0 Å². The van der Waals surface area contributed by atoms with E-state index in [1.54, 1.807) is 4.90 Å². The Bertz CT molecular complexity index is 794. The van der Waals surface area contributed by atoms with E-state index in [1.807, 2.05) is 49.5 Å². The molecule has 2 atom stereocenters.